The maximum absolute atomic E-state index is 11.3. The molecule has 0 spiro atoms. The van der Waals surface area contributed by atoms with E-state index < -0.39 is 27.0 Å². The van der Waals surface area contributed by atoms with Gasteiger partial charge in [-0.1, -0.05) is 60.7 Å². The molecule has 1 aromatic heterocycles. The molecule has 1 heterocycles. The standard InChI is InChI=1S/C21H14N4O5/c26-20-16(11-15(24(27)28)12-17(20)25(29)30)21-22-18(13-7-3-1-4-8-13)19(23-21)14-9-5-2-6-10-14/h1-12,26H,(H,22,23)/p+1. The molecule has 4 rings (SSSR count). The maximum atomic E-state index is 11.3. The Kier molecular flexibility index (Phi) is 4.69. The molecular weight excluding hydrogens is 388 g/mol. The average Bonchev–Trinajstić information content (AvgIpc) is 3.20. The summed E-state index contributed by atoms with van der Waals surface area (Å²) in [5, 5.41) is 33.0. The third kappa shape index (κ3) is 3.35. The number of rotatable bonds is 5. The van der Waals surface area contributed by atoms with Gasteiger partial charge in [-0.15, -0.1) is 0 Å². The molecule has 0 fully saturated rings. The highest BCUT2D eigenvalue weighted by Crippen LogP contribution is 2.40. The van der Waals surface area contributed by atoms with Crippen molar-refractivity contribution in [1.29, 1.82) is 0 Å². The van der Waals surface area contributed by atoms with Crippen LogP contribution < -0.4 is 4.98 Å². The number of non-ortho nitro benzene ring substituents is 1. The van der Waals surface area contributed by atoms with Crippen LogP contribution in [-0.2, 0) is 0 Å². The van der Waals surface area contributed by atoms with Crippen LogP contribution in [0.1, 0.15) is 0 Å². The van der Waals surface area contributed by atoms with Crippen molar-refractivity contribution < 1.29 is 19.9 Å². The highest BCUT2D eigenvalue weighted by atomic mass is 16.6. The first kappa shape index (κ1) is 18.8. The zero-order chi connectivity index (χ0) is 21.3. The lowest BCUT2D eigenvalue weighted by Gasteiger charge is -2.00. The lowest BCUT2D eigenvalue weighted by molar-refractivity contribution is -0.395. The smallest absolute Gasteiger partial charge is 0.318 e. The number of hydrogen-bond acceptors (Lipinski definition) is 5. The predicted octanol–water partition coefficient (Wildman–Crippen LogP) is 4.35. The van der Waals surface area contributed by atoms with Crippen LogP contribution in [0.3, 0.4) is 0 Å². The van der Waals surface area contributed by atoms with Crippen molar-refractivity contribution in [3.63, 3.8) is 0 Å². The Morgan fingerprint density at radius 3 is 2.00 bits per heavy atom. The van der Waals surface area contributed by atoms with Crippen LogP contribution in [-0.4, -0.2) is 19.9 Å². The van der Waals surface area contributed by atoms with Crippen molar-refractivity contribution in [1.82, 2.24) is 4.98 Å². The van der Waals surface area contributed by atoms with E-state index in [4.69, 9.17) is 0 Å². The van der Waals surface area contributed by atoms with Gasteiger partial charge in [0.05, 0.1) is 15.9 Å². The van der Waals surface area contributed by atoms with E-state index in [9.17, 15) is 25.3 Å². The van der Waals surface area contributed by atoms with Gasteiger partial charge < -0.3 is 5.11 Å². The Morgan fingerprint density at radius 2 is 1.43 bits per heavy atom. The number of hydrogen-bond donors (Lipinski definition) is 2. The number of nitrogens with one attached hydrogen (secondary N) is 2. The van der Waals surface area contributed by atoms with E-state index >= 15 is 0 Å². The molecule has 0 aliphatic rings. The first-order chi connectivity index (χ1) is 14.5. The highest BCUT2D eigenvalue weighted by molar-refractivity contribution is 5.80. The topological polar surface area (TPSA) is 136 Å². The zero-order valence-corrected chi connectivity index (χ0v) is 15.4. The Bertz CT molecular complexity index is 1200. The molecule has 0 aliphatic heterocycles. The van der Waals surface area contributed by atoms with Gasteiger partial charge in [0.2, 0.25) is 5.75 Å². The molecular formula is C21H15N4O5+. The summed E-state index contributed by atoms with van der Waals surface area (Å²) in [5.74, 6) is -0.459. The molecule has 4 aromatic rings. The first-order valence-electron chi connectivity index (χ1n) is 8.88. The number of H-pyrrole nitrogens is 2. The Morgan fingerprint density at radius 1 is 0.833 bits per heavy atom. The Hall–Kier alpha value is -4.53. The Balaban J connectivity index is 1.98. The minimum Gasteiger partial charge on any atom is -0.501 e. The largest absolute Gasteiger partial charge is 0.501 e. The van der Waals surface area contributed by atoms with E-state index in [-0.39, 0.29) is 11.4 Å². The maximum Gasteiger partial charge on any atom is 0.318 e. The van der Waals surface area contributed by atoms with E-state index in [0.29, 0.717) is 11.4 Å². The normalized spacial score (nSPS) is 10.7. The van der Waals surface area contributed by atoms with Gasteiger partial charge in [0.1, 0.15) is 5.56 Å². The second kappa shape index (κ2) is 7.47. The number of nitro groups is 2. The number of aromatic amines is 2. The first-order valence-corrected chi connectivity index (χ1v) is 8.88. The molecule has 3 aromatic carbocycles. The summed E-state index contributed by atoms with van der Waals surface area (Å²) in [6.07, 6.45) is 0. The van der Waals surface area contributed by atoms with Gasteiger partial charge >= 0.3 is 5.69 Å². The molecule has 3 N–H and O–H groups in total. The van der Waals surface area contributed by atoms with Crippen molar-refractivity contribution in [2.45, 2.75) is 0 Å². The van der Waals surface area contributed by atoms with E-state index in [1.54, 1.807) is 0 Å². The molecule has 0 bridgehead atoms. The number of aromatic nitrogens is 2. The third-order valence-electron chi connectivity index (χ3n) is 4.63. The van der Waals surface area contributed by atoms with Crippen LogP contribution in [0.5, 0.6) is 5.75 Å². The van der Waals surface area contributed by atoms with E-state index in [2.05, 4.69) is 9.97 Å². The van der Waals surface area contributed by atoms with Gasteiger partial charge in [-0.3, -0.25) is 20.2 Å². The fraction of sp³-hybridized carbons (Fsp3) is 0. The van der Waals surface area contributed by atoms with Crippen LogP contribution in [0.25, 0.3) is 33.9 Å². The molecule has 0 radical (unpaired) electrons. The van der Waals surface area contributed by atoms with Gasteiger partial charge in [-0.2, -0.15) is 0 Å². The molecule has 148 valence electrons. The Labute approximate surface area is 169 Å². The van der Waals surface area contributed by atoms with Crippen LogP contribution in [0.4, 0.5) is 11.4 Å². The monoisotopic (exact) mass is 403 g/mol. The molecule has 0 atom stereocenters. The molecule has 0 unspecified atom stereocenters. The number of benzene rings is 3. The summed E-state index contributed by atoms with van der Waals surface area (Å²) in [4.78, 5) is 27.2. The van der Waals surface area contributed by atoms with Gasteiger partial charge in [0, 0.05) is 17.2 Å². The molecule has 9 heteroatoms. The fourth-order valence-corrected chi connectivity index (χ4v) is 3.22. The quantitative estimate of drug-likeness (QED) is 0.377. The lowest BCUT2D eigenvalue weighted by atomic mass is 10.1. The molecule has 9 nitrogen and oxygen atoms in total. The van der Waals surface area contributed by atoms with E-state index in [1.165, 1.54) is 0 Å². The van der Waals surface area contributed by atoms with Crippen molar-refractivity contribution in [3.05, 3.63) is 93.0 Å². The summed E-state index contributed by atoms with van der Waals surface area (Å²) in [6.45, 7) is 0. The summed E-state index contributed by atoms with van der Waals surface area (Å²) < 4.78 is 0. The summed E-state index contributed by atoms with van der Waals surface area (Å²) in [6, 6.07) is 20.5. The summed E-state index contributed by atoms with van der Waals surface area (Å²) in [7, 11) is 0. The molecule has 30 heavy (non-hydrogen) atoms. The number of phenolic OH excluding ortho intramolecular Hbond substituents is 1. The predicted molar refractivity (Wildman–Crippen MR) is 109 cm³/mol. The van der Waals surface area contributed by atoms with Gasteiger partial charge in [-0.25, -0.2) is 9.97 Å². The van der Waals surface area contributed by atoms with Crippen LogP contribution in [0.15, 0.2) is 72.8 Å². The van der Waals surface area contributed by atoms with E-state index in [1.807, 2.05) is 60.7 Å². The minimum absolute atomic E-state index is 0.0738. The third-order valence-corrected chi connectivity index (χ3v) is 4.63. The number of phenols is 1. The van der Waals surface area contributed by atoms with E-state index in [0.717, 1.165) is 23.3 Å². The zero-order valence-electron chi connectivity index (χ0n) is 15.4. The molecule has 0 saturated heterocycles. The summed E-state index contributed by atoms with van der Waals surface area (Å²) >= 11 is 0. The SMILES string of the molecule is O=[N+]([O-])c1cc(-c2[nH]c(-c3ccccc3)c(-c3ccccc3)[nH+]2)c(O)c([N+](=O)[O-])c1. The molecule has 0 amide bonds. The van der Waals surface area contributed by atoms with Crippen molar-refractivity contribution >= 4 is 11.4 Å². The summed E-state index contributed by atoms with van der Waals surface area (Å²) in [5.41, 5.74) is 1.69. The number of nitrogens with zero attached hydrogens (tertiary/aromatic N) is 2. The van der Waals surface area contributed by atoms with Crippen LogP contribution in [0.2, 0.25) is 0 Å². The van der Waals surface area contributed by atoms with Gasteiger partial charge in [0.15, 0.2) is 11.4 Å². The van der Waals surface area contributed by atoms with Gasteiger partial charge in [-0.05, 0) is 0 Å². The van der Waals surface area contributed by atoms with Gasteiger partial charge in [0.25, 0.3) is 11.5 Å². The molecule has 0 aliphatic carbocycles. The highest BCUT2D eigenvalue weighted by Gasteiger charge is 2.30. The average molecular weight is 403 g/mol. The number of aromatic hydroxyl groups is 1. The molecule has 0 saturated carbocycles. The second-order valence-corrected chi connectivity index (χ2v) is 6.48. The number of nitro benzene ring substituents is 2. The number of imidazole rings is 1. The van der Waals surface area contributed by atoms with Crippen molar-refractivity contribution in [2.75, 3.05) is 0 Å². The lowest BCUT2D eigenvalue weighted by Crippen LogP contribution is -2.07. The fourth-order valence-electron chi connectivity index (χ4n) is 3.22. The van der Waals surface area contributed by atoms with Crippen molar-refractivity contribution in [2.24, 2.45) is 0 Å². The van der Waals surface area contributed by atoms with Crippen LogP contribution >= 0.6 is 0 Å². The van der Waals surface area contributed by atoms with Crippen LogP contribution in [0, 0.1) is 20.2 Å². The minimum atomic E-state index is -0.856. The second-order valence-electron chi connectivity index (χ2n) is 6.48. The van der Waals surface area contributed by atoms with Crippen molar-refractivity contribution in [3.8, 4) is 39.7 Å².